The summed E-state index contributed by atoms with van der Waals surface area (Å²) in [6, 6.07) is 0. The second-order valence-corrected chi connectivity index (χ2v) is 7.84. The van der Waals surface area contributed by atoms with Crippen LogP contribution < -0.4 is 0 Å². The fourth-order valence-corrected chi connectivity index (χ4v) is 4.13. The average Bonchev–Trinajstić information content (AvgIpc) is 3.20. The first-order valence-electron chi connectivity index (χ1n) is 9.09. The molecule has 142 valence electrons. The van der Waals surface area contributed by atoms with Gasteiger partial charge in [0.2, 0.25) is 0 Å². The first-order chi connectivity index (χ1) is 12.3. The number of esters is 2. The van der Waals surface area contributed by atoms with Crippen LogP contribution in [0.4, 0.5) is 0 Å². The summed E-state index contributed by atoms with van der Waals surface area (Å²) in [6.07, 6.45) is 1.05. The maximum atomic E-state index is 12.3. The first-order valence-corrected chi connectivity index (χ1v) is 9.09. The highest BCUT2D eigenvalue weighted by atomic mass is 16.7. The molecule has 1 spiro atoms. The van der Waals surface area contributed by atoms with E-state index >= 15 is 0 Å². The number of rotatable bonds is 2. The molecule has 0 amide bonds. The molecule has 3 fully saturated rings. The summed E-state index contributed by atoms with van der Waals surface area (Å²) in [5.41, 5.74) is 0.305. The number of aliphatic hydroxyl groups excluding tert-OH is 1. The fourth-order valence-electron chi connectivity index (χ4n) is 4.13. The fraction of sp³-hybridized carbons (Fsp3) is 0.684. The van der Waals surface area contributed by atoms with Crippen molar-refractivity contribution in [2.75, 3.05) is 6.61 Å². The van der Waals surface area contributed by atoms with Gasteiger partial charge in [0.25, 0.3) is 0 Å². The number of aliphatic hydroxyl groups is 1. The molecule has 7 nitrogen and oxygen atoms in total. The van der Waals surface area contributed by atoms with Crippen molar-refractivity contribution in [3.63, 3.8) is 0 Å². The Labute approximate surface area is 151 Å². The van der Waals surface area contributed by atoms with Gasteiger partial charge in [-0.3, -0.25) is 4.79 Å². The molecule has 2 bridgehead atoms. The highest BCUT2D eigenvalue weighted by molar-refractivity contribution is 5.91. The van der Waals surface area contributed by atoms with Crippen LogP contribution in [0.25, 0.3) is 0 Å². The van der Waals surface area contributed by atoms with Crippen molar-refractivity contribution < 1.29 is 33.6 Å². The number of carbonyl (C=O) groups excluding carboxylic acids is 2. The zero-order valence-electron chi connectivity index (χ0n) is 15.0. The molecule has 7 heteroatoms. The van der Waals surface area contributed by atoms with Gasteiger partial charge in [-0.1, -0.05) is 20.4 Å². The molecule has 0 aromatic carbocycles. The summed E-state index contributed by atoms with van der Waals surface area (Å²) >= 11 is 0. The Balaban J connectivity index is 1.75. The lowest BCUT2D eigenvalue weighted by Crippen LogP contribution is -2.45. The van der Waals surface area contributed by atoms with E-state index in [2.05, 4.69) is 6.58 Å². The third kappa shape index (κ3) is 2.78. The lowest BCUT2D eigenvalue weighted by atomic mass is 9.81. The van der Waals surface area contributed by atoms with Crippen LogP contribution in [-0.4, -0.2) is 53.9 Å². The third-order valence-electron chi connectivity index (χ3n) is 5.74. The molecule has 0 aromatic heterocycles. The number of ether oxygens (including phenoxy) is 4. The van der Waals surface area contributed by atoms with Crippen LogP contribution in [0, 0.1) is 11.8 Å². The van der Waals surface area contributed by atoms with Crippen LogP contribution in [-0.2, 0) is 28.5 Å². The molecule has 3 saturated heterocycles. The van der Waals surface area contributed by atoms with Gasteiger partial charge in [0.1, 0.15) is 17.8 Å². The molecule has 5 rings (SSSR count). The van der Waals surface area contributed by atoms with Crippen LogP contribution in [0.1, 0.15) is 33.1 Å². The molecule has 4 aliphatic heterocycles. The Bertz CT molecular complexity index is 681. The average molecular weight is 364 g/mol. The van der Waals surface area contributed by atoms with E-state index in [1.807, 2.05) is 6.08 Å². The van der Waals surface area contributed by atoms with E-state index in [0.29, 0.717) is 0 Å². The van der Waals surface area contributed by atoms with Gasteiger partial charge in [0.15, 0.2) is 6.29 Å². The van der Waals surface area contributed by atoms with Crippen LogP contribution in [0.3, 0.4) is 0 Å². The maximum Gasteiger partial charge on any atom is 0.334 e. The molecule has 0 unspecified atom stereocenters. The maximum absolute atomic E-state index is 12.3. The molecule has 4 heterocycles. The molecule has 1 N–H and O–H groups in total. The van der Waals surface area contributed by atoms with Crippen LogP contribution in [0.15, 0.2) is 23.8 Å². The van der Waals surface area contributed by atoms with Crippen LogP contribution in [0.5, 0.6) is 0 Å². The summed E-state index contributed by atoms with van der Waals surface area (Å²) in [6.45, 7) is 7.61. The minimum absolute atomic E-state index is 0.163. The zero-order valence-corrected chi connectivity index (χ0v) is 15.0. The van der Waals surface area contributed by atoms with Gasteiger partial charge in [-0.05, 0) is 24.5 Å². The van der Waals surface area contributed by atoms with Gasteiger partial charge in [-0.25, -0.2) is 4.79 Å². The lowest BCUT2D eigenvalue weighted by Gasteiger charge is -2.33. The summed E-state index contributed by atoms with van der Waals surface area (Å²) in [5, 5.41) is 10.5. The number of carbonyl (C=O) groups is 2. The number of hydrogen-bond donors (Lipinski definition) is 1. The monoisotopic (exact) mass is 364 g/mol. The molecule has 26 heavy (non-hydrogen) atoms. The summed E-state index contributed by atoms with van der Waals surface area (Å²) in [7, 11) is 0. The minimum Gasteiger partial charge on any atom is -0.461 e. The Hall–Kier alpha value is -1.70. The van der Waals surface area contributed by atoms with Crippen molar-refractivity contribution >= 4 is 11.9 Å². The first kappa shape index (κ1) is 17.7. The standard InChI is InChI=1S/C19H24O7/c1-9(2)16(20)25-13-7-19-14(26-19)5-4-11(8-23-18(19)22)6-12-15(13)10(3)17(21)24-12/h6,9,12-15,18,22H,3-5,7-8H2,1-2H3/b11-6-/t12-,13+,14-,15+,18-,19-/m1/s1. The quantitative estimate of drug-likeness (QED) is 0.341. The molecule has 1 aliphatic carbocycles. The number of hydrogen-bond acceptors (Lipinski definition) is 7. The highest BCUT2D eigenvalue weighted by Crippen LogP contribution is 2.51. The van der Waals surface area contributed by atoms with Gasteiger partial charge in [-0.15, -0.1) is 0 Å². The van der Waals surface area contributed by atoms with Crippen molar-refractivity contribution in [1.82, 2.24) is 0 Å². The van der Waals surface area contributed by atoms with E-state index in [9.17, 15) is 14.7 Å². The van der Waals surface area contributed by atoms with Crippen molar-refractivity contribution in [2.45, 2.75) is 63.3 Å². The van der Waals surface area contributed by atoms with Crippen LogP contribution >= 0.6 is 0 Å². The van der Waals surface area contributed by atoms with Gasteiger partial charge in [0.05, 0.1) is 24.5 Å². The van der Waals surface area contributed by atoms with Crippen molar-refractivity contribution in [1.29, 1.82) is 0 Å². The predicted molar refractivity (Wildman–Crippen MR) is 88.7 cm³/mol. The van der Waals surface area contributed by atoms with Crippen LogP contribution in [0.2, 0.25) is 0 Å². The summed E-state index contributed by atoms with van der Waals surface area (Å²) in [5.74, 6) is -1.67. The molecule has 5 aliphatic rings. The zero-order chi connectivity index (χ0) is 18.6. The van der Waals surface area contributed by atoms with Crippen molar-refractivity contribution in [2.24, 2.45) is 11.8 Å². The van der Waals surface area contributed by atoms with E-state index < -0.39 is 36.0 Å². The molecular formula is C19H24O7. The molecule has 0 aromatic rings. The van der Waals surface area contributed by atoms with E-state index in [0.717, 1.165) is 18.4 Å². The Morgan fingerprint density at radius 3 is 2.96 bits per heavy atom. The largest absolute Gasteiger partial charge is 0.461 e. The topological polar surface area (TPSA) is 94.6 Å². The molecule has 0 radical (unpaired) electrons. The smallest absolute Gasteiger partial charge is 0.334 e. The van der Waals surface area contributed by atoms with Gasteiger partial charge >= 0.3 is 11.9 Å². The SMILES string of the molecule is C=C1C(=O)O[C@@H]2/C=C3/CC[C@H]4O[C@@]4(C[C@H](OC(=O)C(C)C)[C@@H]12)[C@H](O)OC3. The van der Waals surface area contributed by atoms with E-state index in [1.54, 1.807) is 13.8 Å². The van der Waals surface area contributed by atoms with Gasteiger partial charge in [0, 0.05) is 12.0 Å². The van der Waals surface area contributed by atoms with E-state index in [-0.39, 0.29) is 36.6 Å². The molecule has 0 saturated carbocycles. The van der Waals surface area contributed by atoms with Gasteiger partial charge < -0.3 is 24.1 Å². The minimum atomic E-state index is -1.11. The molecular weight excluding hydrogens is 340 g/mol. The van der Waals surface area contributed by atoms with Crippen molar-refractivity contribution in [3.05, 3.63) is 23.8 Å². The second kappa shape index (κ2) is 6.18. The Kier molecular flexibility index (Phi) is 4.21. The van der Waals surface area contributed by atoms with E-state index in [4.69, 9.17) is 18.9 Å². The molecule has 6 atom stereocenters. The summed E-state index contributed by atoms with van der Waals surface area (Å²) in [4.78, 5) is 24.4. The third-order valence-corrected chi connectivity index (χ3v) is 5.74. The van der Waals surface area contributed by atoms with Crippen molar-refractivity contribution in [3.8, 4) is 0 Å². The van der Waals surface area contributed by atoms with Gasteiger partial charge in [-0.2, -0.15) is 0 Å². The predicted octanol–water partition coefficient (Wildman–Crippen LogP) is 1.25. The highest BCUT2D eigenvalue weighted by Gasteiger charge is 2.65. The Morgan fingerprint density at radius 2 is 2.23 bits per heavy atom. The lowest BCUT2D eigenvalue weighted by molar-refractivity contribution is -0.168. The Morgan fingerprint density at radius 1 is 1.46 bits per heavy atom. The van der Waals surface area contributed by atoms with E-state index in [1.165, 1.54) is 0 Å². The summed E-state index contributed by atoms with van der Waals surface area (Å²) < 4.78 is 22.7. The number of epoxide rings is 1. The normalized spacial score (nSPS) is 43.7. The second-order valence-electron chi connectivity index (χ2n) is 7.84. The number of fused-ring (bicyclic) bond motifs is 4.